The predicted molar refractivity (Wildman–Crippen MR) is 390 cm³/mol. The topological polar surface area (TPSA) is 129 Å². The average Bonchev–Trinajstić information content (AvgIpc) is 1.56. The van der Waals surface area contributed by atoms with E-state index in [0.29, 0.717) is 46.7 Å². The van der Waals surface area contributed by atoms with Gasteiger partial charge in [0.2, 0.25) is 11.8 Å². The van der Waals surface area contributed by atoms with Crippen molar-refractivity contribution in [3.05, 3.63) is 267 Å². The summed E-state index contributed by atoms with van der Waals surface area (Å²) in [5, 5.41) is 9.31. The van der Waals surface area contributed by atoms with E-state index in [1.54, 1.807) is 45.3 Å². The normalized spacial score (nSPS) is 11.8. The fourth-order valence-electron chi connectivity index (χ4n) is 12.9. The van der Waals surface area contributed by atoms with Crippen LogP contribution in [0.3, 0.4) is 0 Å². The zero-order valence-electron chi connectivity index (χ0n) is 49.4. The molecule has 0 unspecified atom stereocenters. The monoisotopic (exact) mass is 1280 g/mol. The maximum absolute atomic E-state index is 6.22. The van der Waals surface area contributed by atoms with Gasteiger partial charge in [-0.05, 0) is 84.9 Å². The maximum atomic E-state index is 6.22. The number of rotatable bonds is 8. The van der Waals surface area contributed by atoms with Crippen LogP contribution in [0, 0.1) is 0 Å². The summed E-state index contributed by atoms with van der Waals surface area (Å²) in [7, 11) is 0. The molecule has 14 heteroatoms. The Bertz CT molecular complexity index is 6340. The first-order valence-corrected chi connectivity index (χ1v) is 33.9. The van der Waals surface area contributed by atoms with E-state index in [1.807, 2.05) is 97.1 Å². The highest BCUT2D eigenvalue weighted by atomic mass is 32.1. The second-order valence-electron chi connectivity index (χ2n) is 22.8. The van der Waals surface area contributed by atoms with Crippen LogP contribution in [0.1, 0.15) is 0 Å². The summed E-state index contributed by atoms with van der Waals surface area (Å²) in [5.41, 5.74) is 11.0. The Morgan fingerprint density at radius 2 is 0.585 bits per heavy atom. The number of fused-ring (bicyclic) bond motifs is 14. The smallest absolute Gasteiger partial charge is 0.228 e. The Morgan fingerprint density at radius 1 is 0.223 bits per heavy atom. The van der Waals surface area contributed by atoms with Crippen molar-refractivity contribution in [2.24, 2.45) is 0 Å². The van der Waals surface area contributed by atoms with Crippen molar-refractivity contribution in [3.63, 3.8) is 0 Å². The SMILES string of the molecule is c1ccc(-c2nc(-c3ccc4sc5ccccc5c4c3)nc(-c3cccc4sc5c(-c6nc7ccccc7o6)cccc5c34)n2)cc1.c1ccc(-c2nc(-c3cccc4sc5ccccc5c34)nc(-c3cccc4sc5c(-c6nc7ccccc7o6)cccc5c34)n2)cc1. The average molecular weight is 1280 g/mol. The van der Waals surface area contributed by atoms with E-state index in [2.05, 4.69) is 170 Å². The van der Waals surface area contributed by atoms with Crippen molar-refractivity contribution >= 4 is 148 Å². The highest BCUT2D eigenvalue weighted by Crippen LogP contribution is 2.47. The van der Waals surface area contributed by atoms with E-state index < -0.39 is 0 Å². The third-order valence-electron chi connectivity index (χ3n) is 17.2. The molecule has 0 atom stereocenters. The first-order chi connectivity index (χ1) is 46.5. The van der Waals surface area contributed by atoms with Crippen LogP contribution in [0.2, 0.25) is 0 Å². The van der Waals surface area contributed by atoms with Crippen molar-refractivity contribution < 1.29 is 8.83 Å². The number of oxazole rings is 2. The van der Waals surface area contributed by atoms with Crippen molar-refractivity contribution in [2.45, 2.75) is 0 Å². The van der Waals surface area contributed by atoms with Crippen molar-refractivity contribution in [3.8, 4) is 91.2 Å². The van der Waals surface area contributed by atoms with E-state index in [9.17, 15) is 0 Å². The molecule has 0 radical (unpaired) electrons. The lowest BCUT2D eigenvalue weighted by Gasteiger charge is -2.10. The predicted octanol–water partition coefficient (Wildman–Crippen LogP) is 22.8. The van der Waals surface area contributed by atoms with Crippen LogP contribution in [0.5, 0.6) is 0 Å². The van der Waals surface area contributed by atoms with Crippen LogP contribution >= 0.6 is 45.3 Å². The van der Waals surface area contributed by atoms with Crippen molar-refractivity contribution in [1.29, 1.82) is 0 Å². The molecule has 0 bridgehead atoms. The van der Waals surface area contributed by atoms with Gasteiger partial charge in [0.1, 0.15) is 11.0 Å². The Kier molecular flexibility index (Phi) is 12.8. The number of nitrogens with zero attached hydrogens (tertiary/aromatic N) is 8. The summed E-state index contributed by atoms with van der Waals surface area (Å²) >= 11 is 7.07. The molecular weight excluding hydrogens is 1230 g/mol. The van der Waals surface area contributed by atoms with Crippen LogP contribution in [-0.4, -0.2) is 39.9 Å². The van der Waals surface area contributed by atoms with Gasteiger partial charge < -0.3 is 8.83 Å². The van der Waals surface area contributed by atoms with Gasteiger partial charge in [0.15, 0.2) is 46.1 Å². The molecule has 0 N–H and O–H groups in total. The zero-order valence-corrected chi connectivity index (χ0v) is 52.7. The molecule has 12 aromatic carbocycles. The van der Waals surface area contributed by atoms with Crippen LogP contribution in [0.15, 0.2) is 276 Å². The van der Waals surface area contributed by atoms with Gasteiger partial charge in [-0.25, -0.2) is 39.9 Å². The molecule has 0 amide bonds. The lowest BCUT2D eigenvalue weighted by atomic mass is 10.0. The third-order valence-corrected chi connectivity index (χ3v) is 21.9. The van der Waals surface area contributed by atoms with Crippen LogP contribution in [0.25, 0.3) is 194 Å². The minimum atomic E-state index is 0.620. The Morgan fingerprint density at radius 3 is 1.12 bits per heavy atom. The summed E-state index contributed by atoms with van der Waals surface area (Å²) in [6.45, 7) is 0. The number of para-hydroxylation sites is 4. The van der Waals surface area contributed by atoms with E-state index in [1.165, 1.54) is 40.3 Å². The minimum Gasteiger partial charge on any atom is -0.436 e. The minimum absolute atomic E-state index is 0.620. The molecule has 0 spiro atoms. The molecule has 0 saturated heterocycles. The molecule has 8 aromatic heterocycles. The fourth-order valence-corrected chi connectivity index (χ4v) is 17.6. The van der Waals surface area contributed by atoms with Gasteiger partial charge in [0.05, 0.1) is 11.1 Å². The molecule has 0 fully saturated rings. The molecule has 440 valence electrons. The largest absolute Gasteiger partial charge is 0.436 e. The fraction of sp³-hybridized carbons (Fsp3) is 0. The zero-order chi connectivity index (χ0) is 61.8. The summed E-state index contributed by atoms with van der Waals surface area (Å²) < 4.78 is 22.0. The second kappa shape index (κ2) is 22.1. The van der Waals surface area contributed by atoms with E-state index in [4.69, 9.17) is 48.7 Å². The number of thiophene rings is 4. The summed E-state index contributed by atoms with van der Waals surface area (Å²) in [6.07, 6.45) is 0. The van der Waals surface area contributed by atoms with Crippen molar-refractivity contribution in [1.82, 2.24) is 39.9 Å². The van der Waals surface area contributed by atoms with Gasteiger partial charge in [-0.15, -0.1) is 45.3 Å². The Labute approximate surface area is 551 Å². The maximum Gasteiger partial charge on any atom is 0.228 e. The summed E-state index contributed by atoms with van der Waals surface area (Å²) in [6, 6.07) is 91.5. The quantitative estimate of drug-likeness (QED) is 0.145. The molecule has 94 heavy (non-hydrogen) atoms. The van der Waals surface area contributed by atoms with Gasteiger partial charge in [0.25, 0.3) is 0 Å². The summed E-state index contributed by atoms with van der Waals surface area (Å²) in [5.74, 6) is 5.12. The molecule has 0 aliphatic carbocycles. The van der Waals surface area contributed by atoms with Gasteiger partial charge in [-0.2, -0.15) is 0 Å². The first kappa shape index (κ1) is 54.2. The van der Waals surface area contributed by atoms with Gasteiger partial charge in [-0.1, -0.05) is 182 Å². The number of benzene rings is 12. The third kappa shape index (κ3) is 9.17. The highest BCUT2D eigenvalue weighted by molar-refractivity contribution is 7.27. The Balaban J connectivity index is 0.000000133. The van der Waals surface area contributed by atoms with Gasteiger partial charge in [0, 0.05) is 114 Å². The number of hydrogen-bond acceptors (Lipinski definition) is 14. The van der Waals surface area contributed by atoms with Crippen LogP contribution < -0.4 is 0 Å². The molecular formula is C80H44N8O2S4. The van der Waals surface area contributed by atoms with Gasteiger partial charge >= 0.3 is 0 Å². The molecule has 0 saturated carbocycles. The molecule has 20 aromatic rings. The van der Waals surface area contributed by atoms with Gasteiger partial charge in [-0.3, -0.25) is 0 Å². The lowest BCUT2D eigenvalue weighted by Crippen LogP contribution is -2.00. The second-order valence-corrected chi connectivity index (χ2v) is 27.1. The Hall–Kier alpha value is -11.5. The lowest BCUT2D eigenvalue weighted by molar-refractivity contribution is 0.620. The van der Waals surface area contributed by atoms with Crippen LogP contribution in [-0.2, 0) is 0 Å². The standard InChI is InChI=1S/2C40H22N4OS2/c1-2-11-23(12-3-1)37-42-38(26-15-9-21-32-34(26)24-13-4-7-20-31(24)46-32)44-39(43-37)27-16-10-22-33-35(27)25-14-8-17-28(36(25)47-33)40-41-29-18-5-6-19-30(29)45-40;1-2-10-23(11-3-1)37-42-38(24-20-21-33-29(22-24)25-12-4-7-18-32(25)46-33)44-39(43-37)27-14-9-19-34-35(27)26-13-8-15-28(36(26)47-34)40-41-30-16-5-6-17-31(30)45-40/h2*1-22H. The van der Waals surface area contributed by atoms with E-state index in [0.717, 1.165) is 107 Å². The number of hydrogen-bond donors (Lipinski definition) is 0. The molecule has 20 rings (SSSR count). The van der Waals surface area contributed by atoms with E-state index >= 15 is 0 Å². The van der Waals surface area contributed by atoms with E-state index in [-0.39, 0.29) is 0 Å². The summed E-state index contributed by atoms with van der Waals surface area (Å²) in [4.78, 5) is 40.4. The number of aromatic nitrogens is 8. The molecule has 0 aliphatic heterocycles. The highest BCUT2D eigenvalue weighted by Gasteiger charge is 2.24. The molecule has 10 nitrogen and oxygen atoms in total. The first-order valence-electron chi connectivity index (χ1n) is 30.6. The van der Waals surface area contributed by atoms with Crippen LogP contribution in [0.4, 0.5) is 0 Å². The molecule has 0 aliphatic rings. The molecule has 8 heterocycles. The van der Waals surface area contributed by atoms with Crippen molar-refractivity contribution in [2.75, 3.05) is 0 Å².